The predicted octanol–water partition coefficient (Wildman–Crippen LogP) is 4.02. The highest BCUT2D eigenvalue weighted by Gasteiger charge is 2.02. The lowest BCUT2D eigenvalue weighted by atomic mass is 10.1. The molecule has 0 radical (unpaired) electrons. The molecule has 0 unspecified atom stereocenters. The van der Waals surface area contributed by atoms with E-state index in [9.17, 15) is 0 Å². The first kappa shape index (κ1) is 11.9. The van der Waals surface area contributed by atoms with Crippen LogP contribution in [0.4, 0.5) is 0 Å². The van der Waals surface area contributed by atoms with Crippen molar-refractivity contribution >= 4 is 21.2 Å². The van der Waals surface area contributed by atoms with Crippen LogP contribution in [0.5, 0.6) is 0 Å². The summed E-state index contributed by atoms with van der Waals surface area (Å²) >= 11 is 0. The molecule has 0 fully saturated rings. The lowest BCUT2D eigenvalue weighted by Gasteiger charge is -2.37. The van der Waals surface area contributed by atoms with Crippen molar-refractivity contribution in [2.24, 2.45) is 0 Å². The average Bonchev–Trinajstić information content (AvgIpc) is 1.95. The summed E-state index contributed by atoms with van der Waals surface area (Å²) in [6.07, 6.45) is 0. The molecule has 0 saturated heterocycles. The fraction of sp³-hybridized carbons (Fsp3) is 0.500. The Balaban J connectivity index is 3.09. The maximum atomic E-state index is 2.42. The molecule has 0 aliphatic carbocycles. The monoisotopic (exact) mass is 223 g/mol. The molecule has 1 aromatic carbocycles. The molecule has 1 rings (SSSR count). The van der Waals surface area contributed by atoms with Gasteiger partial charge in [-0.15, -0.1) is 7.74 Å². The Kier molecular flexibility index (Phi) is 3.55. The molecule has 2 heteroatoms. The minimum Gasteiger partial charge on any atom is -0.507 e. The minimum atomic E-state index is -1.01. The van der Waals surface area contributed by atoms with Gasteiger partial charge in [0, 0.05) is 0 Å². The number of rotatable bonds is 2. The molecule has 1 aromatic rings. The molecule has 0 aliphatic heterocycles. The maximum Gasteiger partial charge on any atom is -0.0398 e. The van der Waals surface area contributed by atoms with Gasteiger partial charge in [-0.1, -0.05) is 48.5 Å². The molecule has 0 atom stereocenters. The van der Waals surface area contributed by atoms with E-state index in [1.165, 1.54) is 16.7 Å². The molecule has 14 heavy (non-hydrogen) atoms. The van der Waals surface area contributed by atoms with Crippen molar-refractivity contribution in [3.8, 4) is 0 Å². The van der Waals surface area contributed by atoms with Gasteiger partial charge in [0.05, 0.1) is 0 Å². The molecular formula is C12H20PSi-. The maximum absolute atomic E-state index is 2.42. The van der Waals surface area contributed by atoms with E-state index in [0.717, 1.165) is 0 Å². The summed E-state index contributed by atoms with van der Waals surface area (Å²) in [7, 11) is 0.568. The highest BCUT2D eigenvalue weighted by molar-refractivity contribution is 7.86. The topological polar surface area (TPSA) is 0 Å². The van der Waals surface area contributed by atoms with Gasteiger partial charge in [0.15, 0.2) is 0 Å². The fourth-order valence-corrected chi connectivity index (χ4v) is 5.91. The van der Waals surface area contributed by atoms with Crippen molar-refractivity contribution in [1.82, 2.24) is 0 Å². The van der Waals surface area contributed by atoms with E-state index in [4.69, 9.17) is 0 Å². The number of benzene rings is 1. The zero-order valence-electron chi connectivity index (χ0n) is 10.1. The van der Waals surface area contributed by atoms with Gasteiger partial charge in [0.25, 0.3) is 0 Å². The van der Waals surface area contributed by atoms with Crippen LogP contribution in [0.3, 0.4) is 0 Å². The first-order chi connectivity index (χ1) is 6.29. The van der Waals surface area contributed by atoms with Crippen LogP contribution in [0.1, 0.15) is 16.7 Å². The Morgan fingerprint density at radius 2 is 1.36 bits per heavy atom. The molecule has 0 nitrogen and oxygen atoms in total. The Morgan fingerprint density at radius 3 is 1.71 bits per heavy atom. The van der Waals surface area contributed by atoms with E-state index in [0.29, 0.717) is 0 Å². The molecule has 0 heterocycles. The summed E-state index contributed by atoms with van der Waals surface area (Å²) in [4.78, 5) is 0. The summed E-state index contributed by atoms with van der Waals surface area (Å²) in [6, 6.07) is 4.60. The van der Waals surface area contributed by atoms with E-state index >= 15 is 0 Å². The number of aryl methyl sites for hydroxylation is 3. The van der Waals surface area contributed by atoms with Gasteiger partial charge in [0.1, 0.15) is 0 Å². The highest BCUT2D eigenvalue weighted by atomic mass is 31.3. The number of hydrogen-bond donors (Lipinski definition) is 0. The van der Waals surface area contributed by atoms with Crippen molar-refractivity contribution < 1.29 is 0 Å². The average molecular weight is 223 g/mol. The first-order valence-electron chi connectivity index (χ1n) is 5.10. The van der Waals surface area contributed by atoms with Gasteiger partial charge in [-0.25, -0.2) is 5.30 Å². The molecule has 0 bridgehead atoms. The molecule has 0 amide bonds. The van der Waals surface area contributed by atoms with E-state index in [-0.39, 0.29) is 0 Å². The SMILES string of the molecule is Cc1cc(C)c([P-][Si](C)(C)C)c(C)c1. The largest absolute Gasteiger partial charge is 0.507 e. The van der Waals surface area contributed by atoms with E-state index < -0.39 is 7.74 Å². The molecular weight excluding hydrogens is 203 g/mol. The van der Waals surface area contributed by atoms with Crippen LogP contribution >= 0.6 is 8.13 Å². The Labute approximate surface area is 90.8 Å². The van der Waals surface area contributed by atoms with Crippen molar-refractivity contribution in [3.63, 3.8) is 0 Å². The van der Waals surface area contributed by atoms with Crippen LogP contribution in [0.2, 0.25) is 19.6 Å². The van der Waals surface area contributed by atoms with E-state index in [1.807, 2.05) is 0 Å². The number of hydrogen-bond acceptors (Lipinski definition) is 0. The Hall–Kier alpha value is -0.133. The van der Waals surface area contributed by atoms with Crippen molar-refractivity contribution in [3.05, 3.63) is 28.8 Å². The molecule has 0 aliphatic rings. The summed E-state index contributed by atoms with van der Waals surface area (Å²) in [5.41, 5.74) is 4.31. The van der Waals surface area contributed by atoms with Gasteiger partial charge < -0.3 is 8.13 Å². The van der Waals surface area contributed by atoms with Crippen LogP contribution < -0.4 is 5.30 Å². The molecule has 0 aromatic heterocycles. The van der Waals surface area contributed by atoms with Crippen LogP contribution in [0.25, 0.3) is 0 Å². The molecule has 0 spiro atoms. The van der Waals surface area contributed by atoms with Crippen molar-refractivity contribution in [2.45, 2.75) is 40.4 Å². The third-order valence-corrected chi connectivity index (χ3v) is 6.37. The van der Waals surface area contributed by atoms with E-state index in [1.54, 1.807) is 13.4 Å². The second-order valence-corrected chi connectivity index (χ2v) is 14.7. The Morgan fingerprint density at radius 1 is 0.929 bits per heavy atom. The standard InChI is InChI=1S/C12H20PSi/c1-9-7-10(2)12(11(3)8-9)13-14(4,5)6/h7-8H,1-6H3/q-1. The predicted molar refractivity (Wildman–Crippen MR) is 70.6 cm³/mol. The van der Waals surface area contributed by atoms with Crippen molar-refractivity contribution in [1.29, 1.82) is 0 Å². The quantitative estimate of drug-likeness (QED) is 0.525. The van der Waals surface area contributed by atoms with E-state index in [2.05, 4.69) is 52.5 Å². The lowest BCUT2D eigenvalue weighted by molar-refractivity contribution is 1.36. The van der Waals surface area contributed by atoms with Crippen molar-refractivity contribution in [2.75, 3.05) is 0 Å². The third-order valence-electron chi connectivity index (χ3n) is 2.08. The second kappa shape index (κ2) is 4.16. The smallest absolute Gasteiger partial charge is 0.0398 e. The Bertz CT molecular complexity index is 314. The van der Waals surface area contributed by atoms with Crippen LogP contribution in [0, 0.1) is 20.8 Å². The minimum absolute atomic E-state index is 1.01. The first-order valence-corrected chi connectivity index (χ1v) is 10.3. The second-order valence-electron chi connectivity index (χ2n) is 5.03. The van der Waals surface area contributed by atoms with Gasteiger partial charge in [0.2, 0.25) is 0 Å². The zero-order valence-corrected chi connectivity index (χ0v) is 12.0. The summed E-state index contributed by atoms with van der Waals surface area (Å²) in [5, 5.41) is 1.56. The van der Waals surface area contributed by atoms with Gasteiger partial charge in [-0.05, 0) is 20.8 Å². The van der Waals surface area contributed by atoms with Crippen LogP contribution in [0.15, 0.2) is 12.1 Å². The van der Waals surface area contributed by atoms with Gasteiger partial charge >= 0.3 is 0 Å². The summed E-state index contributed by atoms with van der Waals surface area (Å²) < 4.78 is 0. The highest BCUT2D eigenvalue weighted by Crippen LogP contribution is 2.29. The molecule has 0 N–H and O–H groups in total. The van der Waals surface area contributed by atoms with Crippen LogP contribution in [-0.4, -0.2) is 7.74 Å². The fourth-order valence-electron chi connectivity index (χ4n) is 1.68. The molecule has 0 saturated carbocycles. The van der Waals surface area contributed by atoms with Crippen LogP contribution in [-0.2, 0) is 0 Å². The lowest BCUT2D eigenvalue weighted by Crippen LogP contribution is -2.20. The van der Waals surface area contributed by atoms with Gasteiger partial charge in [-0.3, -0.25) is 0 Å². The summed E-state index contributed by atoms with van der Waals surface area (Å²) in [5.74, 6) is 0. The normalized spacial score (nSPS) is 12.7. The molecule has 78 valence electrons. The summed E-state index contributed by atoms with van der Waals surface area (Å²) in [6.45, 7) is 13.9. The van der Waals surface area contributed by atoms with Gasteiger partial charge in [-0.2, -0.15) is 0 Å². The zero-order chi connectivity index (χ0) is 10.9. The third kappa shape index (κ3) is 3.22.